The number of Topliss-reactive ketones (excluding diaryl/α,β-unsaturated/α-hetero) is 1. The lowest BCUT2D eigenvalue weighted by Crippen LogP contribution is -2.69. The largest absolute Gasteiger partial charge is 0.534 e. The van der Waals surface area contributed by atoms with Crippen LogP contribution in [0.1, 0.15) is 70.8 Å². The first-order chi connectivity index (χ1) is 22.3. The molecule has 0 saturated heterocycles. The van der Waals surface area contributed by atoms with E-state index in [-0.39, 0.29) is 15.9 Å². The van der Waals surface area contributed by atoms with Gasteiger partial charge >= 0.3 is 16.6 Å². The summed E-state index contributed by atoms with van der Waals surface area (Å²) in [6, 6.07) is 46.5. The van der Waals surface area contributed by atoms with Crippen LogP contribution in [0.2, 0.25) is 10.1 Å². The number of carbonyl (C=O) groups excluding carboxylic acids is 1. The maximum atomic E-state index is 13.8. The molecule has 0 fully saturated rings. The van der Waals surface area contributed by atoms with Gasteiger partial charge in [-0.1, -0.05) is 170 Å². The van der Waals surface area contributed by atoms with Crippen LogP contribution in [0.25, 0.3) is 0 Å². The quantitative estimate of drug-likeness (QED) is 0.112. The van der Waals surface area contributed by atoms with Crippen LogP contribution in [-0.2, 0) is 0 Å². The third-order valence-electron chi connectivity index (χ3n) is 9.24. The van der Waals surface area contributed by atoms with Crippen molar-refractivity contribution < 1.29 is 13.6 Å². The number of aryl methyl sites for hydroxylation is 1. The molecule has 242 valence electrons. The number of hydrogen-bond donors (Lipinski definition) is 0. The molecule has 0 unspecified atom stereocenters. The molecule has 0 radical (unpaired) electrons. The lowest BCUT2D eigenvalue weighted by atomic mass is 10.0. The van der Waals surface area contributed by atoms with Crippen molar-refractivity contribution in [3.8, 4) is 11.5 Å². The lowest BCUT2D eigenvalue weighted by Gasteiger charge is -2.44. The molecule has 0 aliphatic heterocycles. The van der Waals surface area contributed by atoms with Gasteiger partial charge in [0.15, 0.2) is 5.78 Å². The van der Waals surface area contributed by atoms with Crippen LogP contribution in [-0.4, -0.2) is 22.4 Å². The van der Waals surface area contributed by atoms with Gasteiger partial charge in [0.25, 0.3) is 0 Å². The van der Waals surface area contributed by atoms with Gasteiger partial charge in [-0.2, -0.15) is 0 Å². The second kappa shape index (κ2) is 13.5. The summed E-state index contributed by atoms with van der Waals surface area (Å²) in [5.41, 5.74) is 1.50. The highest BCUT2D eigenvalue weighted by Gasteiger charge is 2.54. The molecule has 0 bridgehead atoms. The molecule has 0 aliphatic carbocycles. The fourth-order valence-electron chi connectivity index (χ4n) is 7.04. The molecule has 0 atom stereocenters. The van der Waals surface area contributed by atoms with Crippen LogP contribution < -0.4 is 29.6 Å². The monoisotopic (exact) mass is 656 g/mol. The summed E-state index contributed by atoms with van der Waals surface area (Å²) >= 11 is 0. The summed E-state index contributed by atoms with van der Waals surface area (Å²) in [7, 11) is -5.99. The van der Waals surface area contributed by atoms with Crippen LogP contribution in [0.5, 0.6) is 11.5 Å². The van der Waals surface area contributed by atoms with E-state index in [0.717, 1.165) is 21.7 Å². The van der Waals surface area contributed by atoms with Gasteiger partial charge in [-0.15, -0.1) is 0 Å². The first-order valence-electron chi connectivity index (χ1n) is 16.6. The molecule has 0 heterocycles. The van der Waals surface area contributed by atoms with E-state index in [1.807, 2.05) is 38.1 Å². The highest BCUT2D eigenvalue weighted by atomic mass is 28.4. The summed E-state index contributed by atoms with van der Waals surface area (Å²) in [6.07, 6.45) is 0.382. The van der Waals surface area contributed by atoms with Gasteiger partial charge in [0.1, 0.15) is 11.5 Å². The van der Waals surface area contributed by atoms with E-state index in [9.17, 15) is 4.79 Å². The van der Waals surface area contributed by atoms with Gasteiger partial charge < -0.3 is 8.85 Å². The summed E-state index contributed by atoms with van der Waals surface area (Å²) < 4.78 is 15.1. The Morgan fingerprint density at radius 1 is 0.553 bits per heavy atom. The standard InChI is InChI=1S/C42H48O3Si2/c1-9-38(43)40-32(2)30-33(44-46(41(3,4)5,34-22-14-10-15-23-34)35-24-16-11-17-25-35)31-39(40)45-47(42(6,7)8,36-26-18-12-19-27-36)37-28-20-13-21-29-37/h10-31H,9H2,1-8H3. The van der Waals surface area contributed by atoms with Crippen molar-refractivity contribution in [2.75, 3.05) is 0 Å². The third kappa shape index (κ3) is 6.39. The molecule has 0 spiro atoms. The summed E-state index contributed by atoms with van der Waals surface area (Å²) in [4.78, 5) is 13.8. The summed E-state index contributed by atoms with van der Waals surface area (Å²) in [5, 5.41) is 4.21. The van der Waals surface area contributed by atoms with Crippen LogP contribution in [0.4, 0.5) is 0 Å². The molecule has 0 aliphatic rings. The molecule has 5 aromatic carbocycles. The first kappa shape index (κ1) is 34.1. The van der Waals surface area contributed by atoms with Crippen molar-refractivity contribution in [2.24, 2.45) is 0 Å². The van der Waals surface area contributed by atoms with Gasteiger partial charge in [0, 0.05) is 12.5 Å². The molecule has 0 amide bonds. The topological polar surface area (TPSA) is 35.5 Å². The Hall–Kier alpha value is -4.20. The smallest absolute Gasteiger partial charge is 0.319 e. The second-order valence-corrected chi connectivity index (χ2v) is 22.9. The molecule has 0 saturated carbocycles. The van der Waals surface area contributed by atoms with Crippen molar-refractivity contribution in [1.29, 1.82) is 0 Å². The molecule has 0 aromatic heterocycles. The number of ketones is 1. The second-order valence-electron chi connectivity index (χ2n) is 14.4. The minimum Gasteiger partial charge on any atom is -0.534 e. The molecule has 5 heteroatoms. The SMILES string of the molecule is CCC(=O)c1c(C)cc(O[Si](c2ccccc2)(c2ccccc2)C(C)(C)C)cc1O[Si](c1ccccc1)(c1ccccc1)C(C)(C)C. The van der Waals surface area contributed by atoms with E-state index in [2.05, 4.69) is 151 Å². The normalized spacial score (nSPS) is 12.4. The Morgan fingerprint density at radius 3 is 1.21 bits per heavy atom. The van der Waals surface area contributed by atoms with E-state index < -0.39 is 16.6 Å². The lowest BCUT2D eigenvalue weighted by molar-refractivity contribution is 0.0985. The fourth-order valence-corrected chi connectivity index (χ4v) is 15.9. The molecule has 3 nitrogen and oxygen atoms in total. The Morgan fingerprint density at radius 2 is 0.894 bits per heavy atom. The predicted octanol–water partition coefficient (Wildman–Crippen LogP) is 8.47. The number of hydrogen-bond acceptors (Lipinski definition) is 3. The van der Waals surface area contributed by atoms with Crippen molar-refractivity contribution in [3.05, 3.63) is 145 Å². The highest BCUT2D eigenvalue weighted by Crippen LogP contribution is 2.42. The zero-order valence-electron chi connectivity index (χ0n) is 29.1. The molecule has 0 N–H and O–H groups in total. The molecule has 47 heavy (non-hydrogen) atoms. The Kier molecular flexibility index (Phi) is 9.81. The van der Waals surface area contributed by atoms with Crippen LogP contribution in [0.15, 0.2) is 133 Å². The minimum atomic E-state index is -3.05. The van der Waals surface area contributed by atoms with E-state index in [1.165, 1.54) is 10.4 Å². The van der Waals surface area contributed by atoms with Gasteiger partial charge in [-0.3, -0.25) is 4.79 Å². The van der Waals surface area contributed by atoms with Crippen molar-refractivity contribution >= 4 is 43.2 Å². The molecule has 5 aromatic rings. The Bertz CT molecular complexity index is 1710. The van der Waals surface area contributed by atoms with Crippen LogP contribution in [0.3, 0.4) is 0 Å². The summed E-state index contributed by atoms with van der Waals surface area (Å²) in [6.45, 7) is 17.5. The molecule has 5 rings (SSSR count). The van der Waals surface area contributed by atoms with Gasteiger partial charge in [0.2, 0.25) is 0 Å². The zero-order chi connectivity index (χ0) is 33.9. The van der Waals surface area contributed by atoms with Gasteiger partial charge in [-0.05, 0) is 49.4 Å². The average molecular weight is 657 g/mol. The molecular formula is C42H48O3Si2. The van der Waals surface area contributed by atoms with E-state index in [4.69, 9.17) is 8.85 Å². The van der Waals surface area contributed by atoms with Crippen LogP contribution in [0, 0.1) is 6.92 Å². The first-order valence-corrected chi connectivity index (χ1v) is 20.4. The maximum absolute atomic E-state index is 13.8. The number of benzene rings is 5. The van der Waals surface area contributed by atoms with Crippen LogP contribution >= 0.6 is 0 Å². The number of rotatable bonds is 10. The van der Waals surface area contributed by atoms with E-state index in [1.54, 1.807) is 0 Å². The van der Waals surface area contributed by atoms with E-state index >= 15 is 0 Å². The molecular weight excluding hydrogens is 609 g/mol. The maximum Gasteiger partial charge on any atom is 0.319 e. The zero-order valence-corrected chi connectivity index (χ0v) is 31.1. The summed E-state index contributed by atoms with van der Waals surface area (Å²) in [5.74, 6) is 1.38. The third-order valence-corrected chi connectivity index (χ3v) is 19.1. The van der Waals surface area contributed by atoms with Crippen molar-refractivity contribution in [3.63, 3.8) is 0 Å². The Balaban J connectivity index is 1.80. The fraction of sp³-hybridized carbons (Fsp3) is 0.262. The van der Waals surface area contributed by atoms with Gasteiger partial charge in [-0.25, -0.2) is 0 Å². The van der Waals surface area contributed by atoms with Gasteiger partial charge in [0.05, 0.1) is 5.56 Å². The van der Waals surface area contributed by atoms with Crippen molar-refractivity contribution in [2.45, 2.75) is 71.9 Å². The number of carbonyl (C=O) groups is 1. The van der Waals surface area contributed by atoms with E-state index in [0.29, 0.717) is 17.7 Å². The van der Waals surface area contributed by atoms with Crippen molar-refractivity contribution in [1.82, 2.24) is 0 Å². The Labute approximate surface area is 283 Å². The predicted molar refractivity (Wildman–Crippen MR) is 202 cm³/mol. The minimum absolute atomic E-state index is 0.0624. The average Bonchev–Trinajstić information content (AvgIpc) is 3.06. The highest BCUT2D eigenvalue weighted by molar-refractivity contribution is 7.00.